The summed E-state index contributed by atoms with van der Waals surface area (Å²) in [6.07, 6.45) is 4.07. The molecule has 2 amide bonds. The number of carbonyl (C=O) groups excluding carboxylic acids is 2. The molecule has 0 radical (unpaired) electrons. The molecule has 7 nitrogen and oxygen atoms in total. The summed E-state index contributed by atoms with van der Waals surface area (Å²) < 4.78 is 5.26. The SMILES string of the molecule is CCOCCCNC(=O)c1ccc(N2CCN(C(=O)CC(C)CC)CC2)nc1. The van der Waals surface area contributed by atoms with Gasteiger partial charge in [0.15, 0.2) is 0 Å². The summed E-state index contributed by atoms with van der Waals surface area (Å²) in [5.41, 5.74) is 0.558. The number of hydrogen-bond acceptors (Lipinski definition) is 5. The predicted octanol–water partition coefficient (Wildman–Crippen LogP) is 2.32. The van der Waals surface area contributed by atoms with Gasteiger partial charge in [0.25, 0.3) is 5.91 Å². The number of piperazine rings is 1. The predicted molar refractivity (Wildman–Crippen MR) is 111 cm³/mol. The van der Waals surface area contributed by atoms with Gasteiger partial charge in [-0.25, -0.2) is 4.98 Å². The second kappa shape index (κ2) is 11.6. The quantitative estimate of drug-likeness (QED) is 0.621. The van der Waals surface area contributed by atoms with Crippen molar-refractivity contribution >= 4 is 17.6 Å². The fourth-order valence-corrected chi connectivity index (χ4v) is 3.09. The van der Waals surface area contributed by atoms with Crippen molar-refractivity contribution < 1.29 is 14.3 Å². The van der Waals surface area contributed by atoms with Gasteiger partial charge in [-0.3, -0.25) is 9.59 Å². The van der Waals surface area contributed by atoms with Gasteiger partial charge in [-0.05, 0) is 31.4 Å². The summed E-state index contributed by atoms with van der Waals surface area (Å²) in [6.45, 7) is 11.1. The second-order valence-corrected chi connectivity index (χ2v) is 7.30. The Morgan fingerprint density at radius 3 is 2.57 bits per heavy atom. The number of nitrogens with one attached hydrogen (secondary N) is 1. The van der Waals surface area contributed by atoms with Crippen LogP contribution in [-0.4, -0.2) is 67.6 Å². The molecule has 0 saturated carbocycles. The van der Waals surface area contributed by atoms with Crippen molar-refractivity contribution in [3.05, 3.63) is 23.9 Å². The molecular weight excluding hydrogens is 356 g/mol. The Kier molecular flexibility index (Phi) is 9.20. The second-order valence-electron chi connectivity index (χ2n) is 7.30. The van der Waals surface area contributed by atoms with Crippen LogP contribution in [0.25, 0.3) is 0 Å². The number of hydrogen-bond donors (Lipinski definition) is 1. The van der Waals surface area contributed by atoms with Crippen molar-refractivity contribution in [2.24, 2.45) is 5.92 Å². The zero-order chi connectivity index (χ0) is 20.4. The molecule has 2 heterocycles. The van der Waals surface area contributed by atoms with Gasteiger partial charge in [-0.1, -0.05) is 20.3 Å². The molecule has 156 valence electrons. The normalized spacial score (nSPS) is 15.4. The molecule has 0 aliphatic carbocycles. The van der Waals surface area contributed by atoms with Crippen molar-refractivity contribution in [3.63, 3.8) is 0 Å². The first-order chi connectivity index (χ1) is 13.5. The van der Waals surface area contributed by atoms with E-state index in [0.717, 1.165) is 44.8 Å². The number of pyridine rings is 1. The Balaban J connectivity index is 1.78. The average molecular weight is 391 g/mol. The van der Waals surface area contributed by atoms with Gasteiger partial charge in [-0.15, -0.1) is 0 Å². The number of ether oxygens (including phenoxy) is 1. The maximum atomic E-state index is 12.3. The summed E-state index contributed by atoms with van der Waals surface area (Å²) in [5, 5.41) is 2.88. The molecule has 2 rings (SSSR count). The van der Waals surface area contributed by atoms with E-state index in [1.54, 1.807) is 12.3 Å². The summed E-state index contributed by atoms with van der Waals surface area (Å²) in [5.74, 6) is 1.42. The fourth-order valence-electron chi connectivity index (χ4n) is 3.09. The molecule has 1 saturated heterocycles. The van der Waals surface area contributed by atoms with Crippen molar-refractivity contribution in [1.82, 2.24) is 15.2 Å². The molecule has 28 heavy (non-hydrogen) atoms. The molecule has 1 unspecified atom stereocenters. The summed E-state index contributed by atoms with van der Waals surface area (Å²) in [6, 6.07) is 3.69. The molecule has 7 heteroatoms. The number of nitrogens with zero attached hydrogens (tertiary/aromatic N) is 3. The van der Waals surface area contributed by atoms with Gasteiger partial charge < -0.3 is 19.9 Å². The molecule has 1 N–H and O–H groups in total. The lowest BCUT2D eigenvalue weighted by atomic mass is 10.0. The summed E-state index contributed by atoms with van der Waals surface area (Å²) >= 11 is 0. The fraction of sp³-hybridized carbons (Fsp3) is 0.667. The highest BCUT2D eigenvalue weighted by Crippen LogP contribution is 2.16. The van der Waals surface area contributed by atoms with Gasteiger partial charge in [0.2, 0.25) is 5.91 Å². The Labute approximate surface area is 168 Å². The number of amides is 2. The lowest BCUT2D eigenvalue weighted by Crippen LogP contribution is -2.49. The molecule has 1 fully saturated rings. The topological polar surface area (TPSA) is 74.8 Å². The first-order valence-corrected chi connectivity index (χ1v) is 10.4. The smallest absolute Gasteiger partial charge is 0.252 e. The van der Waals surface area contributed by atoms with Crippen molar-refractivity contribution in [1.29, 1.82) is 0 Å². The van der Waals surface area contributed by atoms with Crippen LogP contribution in [0.5, 0.6) is 0 Å². The third-order valence-corrected chi connectivity index (χ3v) is 5.14. The molecule has 0 spiro atoms. The molecular formula is C21H34N4O3. The van der Waals surface area contributed by atoms with Crippen LogP contribution >= 0.6 is 0 Å². The average Bonchev–Trinajstić information content (AvgIpc) is 2.73. The van der Waals surface area contributed by atoms with Crippen molar-refractivity contribution in [3.8, 4) is 0 Å². The van der Waals surface area contributed by atoms with E-state index in [1.807, 2.05) is 17.9 Å². The zero-order valence-electron chi connectivity index (χ0n) is 17.4. The van der Waals surface area contributed by atoms with Crippen LogP contribution in [0, 0.1) is 5.92 Å². The van der Waals surface area contributed by atoms with E-state index < -0.39 is 0 Å². The molecule has 1 aliphatic heterocycles. The minimum atomic E-state index is -0.115. The Morgan fingerprint density at radius 2 is 1.96 bits per heavy atom. The number of carbonyl (C=O) groups is 2. The zero-order valence-corrected chi connectivity index (χ0v) is 17.4. The maximum absolute atomic E-state index is 12.3. The van der Waals surface area contributed by atoms with Crippen molar-refractivity contribution in [2.45, 2.75) is 40.0 Å². The Bertz CT molecular complexity index is 613. The lowest BCUT2D eigenvalue weighted by molar-refractivity contribution is -0.132. The highest BCUT2D eigenvalue weighted by Gasteiger charge is 2.22. The lowest BCUT2D eigenvalue weighted by Gasteiger charge is -2.35. The van der Waals surface area contributed by atoms with E-state index in [1.165, 1.54) is 0 Å². The molecule has 1 aromatic heterocycles. The van der Waals surface area contributed by atoms with Gasteiger partial charge in [0, 0.05) is 58.6 Å². The highest BCUT2D eigenvalue weighted by atomic mass is 16.5. The van der Waals surface area contributed by atoms with Crippen LogP contribution in [-0.2, 0) is 9.53 Å². The Hall–Kier alpha value is -2.15. The molecule has 0 aromatic carbocycles. The van der Waals surface area contributed by atoms with E-state index in [-0.39, 0.29) is 11.8 Å². The molecule has 1 aliphatic rings. The molecule has 0 bridgehead atoms. The monoisotopic (exact) mass is 390 g/mol. The number of rotatable bonds is 10. The van der Waals surface area contributed by atoms with Crippen LogP contribution in [0.15, 0.2) is 18.3 Å². The molecule has 1 aromatic rings. The minimum absolute atomic E-state index is 0.115. The van der Waals surface area contributed by atoms with Crippen LogP contribution in [0.1, 0.15) is 50.4 Å². The van der Waals surface area contributed by atoms with Gasteiger partial charge >= 0.3 is 0 Å². The van der Waals surface area contributed by atoms with Crippen LogP contribution in [0.3, 0.4) is 0 Å². The largest absolute Gasteiger partial charge is 0.382 e. The van der Waals surface area contributed by atoms with Gasteiger partial charge in [0.05, 0.1) is 5.56 Å². The van der Waals surface area contributed by atoms with Crippen LogP contribution in [0.4, 0.5) is 5.82 Å². The maximum Gasteiger partial charge on any atom is 0.252 e. The van der Waals surface area contributed by atoms with E-state index in [0.29, 0.717) is 37.7 Å². The van der Waals surface area contributed by atoms with Crippen LogP contribution < -0.4 is 10.2 Å². The van der Waals surface area contributed by atoms with E-state index in [4.69, 9.17) is 4.74 Å². The summed E-state index contributed by atoms with van der Waals surface area (Å²) in [7, 11) is 0. The van der Waals surface area contributed by atoms with Gasteiger partial charge in [-0.2, -0.15) is 0 Å². The van der Waals surface area contributed by atoms with Crippen molar-refractivity contribution in [2.75, 3.05) is 50.8 Å². The first-order valence-electron chi connectivity index (χ1n) is 10.4. The third-order valence-electron chi connectivity index (χ3n) is 5.14. The minimum Gasteiger partial charge on any atom is -0.382 e. The third kappa shape index (κ3) is 6.78. The number of aromatic nitrogens is 1. The van der Waals surface area contributed by atoms with Crippen LogP contribution in [0.2, 0.25) is 0 Å². The van der Waals surface area contributed by atoms with E-state index in [2.05, 4.69) is 29.0 Å². The summed E-state index contributed by atoms with van der Waals surface area (Å²) in [4.78, 5) is 33.0. The van der Waals surface area contributed by atoms with Gasteiger partial charge in [0.1, 0.15) is 5.82 Å². The Morgan fingerprint density at radius 1 is 1.21 bits per heavy atom. The highest BCUT2D eigenvalue weighted by molar-refractivity contribution is 5.94. The van der Waals surface area contributed by atoms with E-state index in [9.17, 15) is 9.59 Å². The molecule has 1 atom stereocenters. The first kappa shape index (κ1) is 22.1. The number of anilines is 1. The standard InChI is InChI=1S/C21H34N4O3/c1-4-17(3)15-20(26)25-12-10-24(11-13-25)19-8-7-18(16-23-19)21(27)22-9-6-14-28-5-2/h7-8,16-17H,4-6,9-15H2,1-3H3,(H,22,27). The van der Waals surface area contributed by atoms with E-state index >= 15 is 0 Å².